The molecule has 1 amide bonds. The predicted octanol–water partition coefficient (Wildman–Crippen LogP) is 4.33. The Balaban J connectivity index is 1.44. The van der Waals surface area contributed by atoms with Crippen molar-refractivity contribution in [3.63, 3.8) is 0 Å². The molecular formula is C25H24N4O3S2. The Morgan fingerprint density at radius 1 is 1.06 bits per heavy atom. The van der Waals surface area contributed by atoms with E-state index in [1.54, 1.807) is 47.6 Å². The smallest absolute Gasteiger partial charge is 0.243 e. The number of nitrogens with zero attached hydrogens (tertiary/aromatic N) is 4. The van der Waals surface area contributed by atoms with E-state index in [9.17, 15) is 13.2 Å². The molecule has 1 fully saturated rings. The van der Waals surface area contributed by atoms with E-state index in [4.69, 9.17) is 4.98 Å². The predicted molar refractivity (Wildman–Crippen MR) is 133 cm³/mol. The normalized spacial score (nSPS) is 17.0. The van der Waals surface area contributed by atoms with Crippen LogP contribution in [0.3, 0.4) is 0 Å². The summed E-state index contributed by atoms with van der Waals surface area (Å²) in [7, 11) is -3.66. The first-order valence-corrected chi connectivity index (χ1v) is 13.4. The maximum absolute atomic E-state index is 13.8. The average Bonchev–Trinajstić information content (AvgIpc) is 3.32. The molecule has 0 aliphatic carbocycles. The molecule has 1 aliphatic heterocycles. The van der Waals surface area contributed by atoms with Gasteiger partial charge in [0.15, 0.2) is 5.13 Å². The minimum Gasteiger partial charge on any atom is -0.283 e. The number of rotatable bonds is 6. The van der Waals surface area contributed by atoms with Gasteiger partial charge in [-0.25, -0.2) is 13.4 Å². The zero-order chi connectivity index (χ0) is 23.5. The molecule has 0 spiro atoms. The highest BCUT2D eigenvalue weighted by molar-refractivity contribution is 7.89. The van der Waals surface area contributed by atoms with Gasteiger partial charge in [0.05, 0.1) is 27.6 Å². The van der Waals surface area contributed by atoms with E-state index >= 15 is 0 Å². The van der Waals surface area contributed by atoms with Crippen LogP contribution in [0.1, 0.15) is 18.4 Å². The van der Waals surface area contributed by atoms with Gasteiger partial charge in [-0.05, 0) is 48.7 Å². The molecule has 1 aliphatic rings. The van der Waals surface area contributed by atoms with Gasteiger partial charge in [-0.3, -0.25) is 14.7 Å². The second kappa shape index (κ2) is 9.61. The lowest BCUT2D eigenvalue weighted by Crippen LogP contribution is -2.46. The third-order valence-electron chi connectivity index (χ3n) is 5.96. The summed E-state index contributed by atoms with van der Waals surface area (Å²) in [6, 6.07) is 19.9. The summed E-state index contributed by atoms with van der Waals surface area (Å²) < 4.78 is 28.8. The number of piperidine rings is 1. The molecule has 0 saturated carbocycles. The fraction of sp³-hybridized carbons (Fsp3) is 0.240. The van der Waals surface area contributed by atoms with E-state index in [0.29, 0.717) is 31.1 Å². The first kappa shape index (κ1) is 22.6. The van der Waals surface area contributed by atoms with E-state index in [2.05, 4.69) is 4.98 Å². The molecular weight excluding hydrogens is 468 g/mol. The SMILES string of the molecule is O=C(C1CCCN(S(=O)(=O)c2ccccc2)C1)N(Cc1cccnc1)c1nc2ccccc2s1. The van der Waals surface area contributed by atoms with Crippen LogP contribution in [0.15, 0.2) is 84.0 Å². The number of aromatic nitrogens is 2. The lowest BCUT2D eigenvalue weighted by Gasteiger charge is -2.33. The maximum Gasteiger partial charge on any atom is 0.243 e. The Morgan fingerprint density at radius 3 is 2.62 bits per heavy atom. The first-order chi connectivity index (χ1) is 16.5. The number of benzene rings is 2. The van der Waals surface area contributed by atoms with Crippen molar-refractivity contribution in [2.75, 3.05) is 18.0 Å². The zero-order valence-corrected chi connectivity index (χ0v) is 20.1. The van der Waals surface area contributed by atoms with Gasteiger partial charge < -0.3 is 0 Å². The van der Waals surface area contributed by atoms with E-state index in [1.165, 1.54) is 15.6 Å². The highest BCUT2D eigenvalue weighted by atomic mass is 32.2. The van der Waals surface area contributed by atoms with Crippen molar-refractivity contribution in [3.8, 4) is 0 Å². The molecule has 2 aromatic heterocycles. The van der Waals surface area contributed by atoms with Gasteiger partial charge in [0.2, 0.25) is 15.9 Å². The van der Waals surface area contributed by atoms with Crippen LogP contribution in [0, 0.1) is 5.92 Å². The van der Waals surface area contributed by atoms with Crippen molar-refractivity contribution in [1.82, 2.24) is 14.3 Å². The van der Waals surface area contributed by atoms with E-state index in [0.717, 1.165) is 15.8 Å². The van der Waals surface area contributed by atoms with Crippen molar-refractivity contribution in [3.05, 3.63) is 84.7 Å². The number of thiazole rings is 1. The van der Waals surface area contributed by atoms with E-state index in [-0.39, 0.29) is 17.3 Å². The number of sulfonamides is 1. The van der Waals surface area contributed by atoms with Crippen molar-refractivity contribution in [2.24, 2.45) is 5.92 Å². The summed E-state index contributed by atoms with van der Waals surface area (Å²) in [5, 5.41) is 0.609. The summed E-state index contributed by atoms with van der Waals surface area (Å²) in [5.41, 5.74) is 1.73. The molecule has 7 nitrogen and oxygen atoms in total. The van der Waals surface area contributed by atoms with Crippen LogP contribution >= 0.6 is 11.3 Å². The molecule has 1 unspecified atom stereocenters. The standard InChI is InChI=1S/C25H24N4O3S2/c30-24(20-9-7-15-28(18-20)34(31,32)21-10-2-1-3-11-21)29(17-19-8-6-14-26-16-19)25-27-22-12-4-5-13-23(22)33-25/h1-6,8,10-14,16,20H,7,9,15,17-18H2. The van der Waals surface area contributed by atoms with Crippen LogP contribution in [-0.4, -0.2) is 41.7 Å². The number of amides is 1. The fourth-order valence-electron chi connectivity index (χ4n) is 4.21. The number of para-hydroxylation sites is 1. The van der Waals surface area contributed by atoms with Crippen molar-refractivity contribution >= 4 is 42.6 Å². The molecule has 5 rings (SSSR count). The highest BCUT2D eigenvalue weighted by Crippen LogP contribution is 2.32. The number of anilines is 1. The van der Waals surface area contributed by atoms with Gasteiger partial charge in [0.25, 0.3) is 0 Å². The Hall–Kier alpha value is -3.14. The number of pyridine rings is 1. The average molecular weight is 493 g/mol. The van der Waals surface area contributed by atoms with Gasteiger partial charge in [-0.2, -0.15) is 4.31 Å². The summed E-state index contributed by atoms with van der Waals surface area (Å²) >= 11 is 1.46. The Morgan fingerprint density at radius 2 is 1.85 bits per heavy atom. The number of carbonyl (C=O) groups excluding carboxylic acids is 1. The fourth-order valence-corrected chi connectivity index (χ4v) is 6.73. The molecule has 34 heavy (non-hydrogen) atoms. The Bertz CT molecular complexity index is 1360. The number of fused-ring (bicyclic) bond motifs is 1. The summed E-state index contributed by atoms with van der Waals surface area (Å²) in [5.74, 6) is -0.563. The summed E-state index contributed by atoms with van der Waals surface area (Å²) in [4.78, 5) is 24.7. The molecule has 3 heterocycles. The van der Waals surface area contributed by atoms with Gasteiger partial charge in [-0.15, -0.1) is 0 Å². The number of carbonyl (C=O) groups is 1. The third-order valence-corrected chi connectivity index (χ3v) is 8.90. The third kappa shape index (κ3) is 4.59. The molecule has 1 saturated heterocycles. The van der Waals surface area contributed by atoms with Crippen LogP contribution in [0.25, 0.3) is 10.2 Å². The molecule has 0 bridgehead atoms. The molecule has 9 heteroatoms. The molecule has 0 N–H and O–H groups in total. The van der Waals surface area contributed by atoms with Gasteiger partial charge in [0.1, 0.15) is 0 Å². The van der Waals surface area contributed by atoms with Gasteiger partial charge in [-0.1, -0.05) is 47.7 Å². The minimum atomic E-state index is -3.66. The topological polar surface area (TPSA) is 83.5 Å². The molecule has 1 atom stereocenters. The Labute approximate surface area is 202 Å². The van der Waals surface area contributed by atoms with Crippen LogP contribution in [-0.2, 0) is 21.4 Å². The van der Waals surface area contributed by atoms with Gasteiger partial charge >= 0.3 is 0 Å². The molecule has 2 aromatic carbocycles. The monoisotopic (exact) mass is 492 g/mol. The minimum absolute atomic E-state index is 0.115. The first-order valence-electron chi connectivity index (χ1n) is 11.1. The van der Waals surface area contributed by atoms with Gasteiger partial charge in [0, 0.05) is 25.5 Å². The largest absolute Gasteiger partial charge is 0.283 e. The zero-order valence-electron chi connectivity index (χ0n) is 18.4. The molecule has 0 radical (unpaired) electrons. The van der Waals surface area contributed by atoms with E-state index in [1.807, 2.05) is 36.4 Å². The lowest BCUT2D eigenvalue weighted by atomic mass is 9.98. The quantitative estimate of drug-likeness (QED) is 0.400. The van der Waals surface area contributed by atoms with Crippen LogP contribution in [0.4, 0.5) is 5.13 Å². The number of hydrogen-bond acceptors (Lipinski definition) is 6. The summed E-state index contributed by atoms with van der Waals surface area (Å²) in [6.45, 7) is 0.893. The van der Waals surface area contributed by atoms with Crippen LogP contribution < -0.4 is 4.90 Å². The maximum atomic E-state index is 13.8. The summed E-state index contributed by atoms with van der Waals surface area (Å²) in [6.07, 6.45) is 4.69. The van der Waals surface area contributed by atoms with E-state index < -0.39 is 15.9 Å². The second-order valence-electron chi connectivity index (χ2n) is 8.27. The van der Waals surface area contributed by atoms with Crippen molar-refractivity contribution in [1.29, 1.82) is 0 Å². The van der Waals surface area contributed by atoms with Crippen LogP contribution in [0.2, 0.25) is 0 Å². The van der Waals surface area contributed by atoms with Crippen molar-refractivity contribution in [2.45, 2.75) is 24.3 Å². The Kier molecular flexibility index (Phi) is 6.40. The molecule has 174 valence electrons. The molecule has 4 aromatic rings. The second-order valence-corrected chi connectivity index (χ2v) is 11.2. The van der Waals surface area contributed by atoms with Crippen molar-refractivity contribution < 1.29 is 13.2 Å². The lowest BCUT2D eigenvalue weighted by molar-refractivity contribution is -0.123. The number of hydrogen-bond donors (Lipinski definition) is 0. The van der Waals surface area contributed by atoms with Crippen LogP contribution in [0.5, 0.6) is 0 Å². The highest BCUT2D eigenvalue weighted by Gasteiger charge is 2.36.